The van der Waals surface area contributed by atoms with Gasteiger partial charge in [0, 0.05) is 6.42 Å². The molecule has 2 aliphatic rings. The lowest BCUT2D eigenvalue weighted by molar-refractivity contribution is 0.0932. The second-order valence-electron chi connectivity index (χ2n) is 3.86. The highest BCUT2D eigenvalue weighted by molar-refractivity contribution is 6.09. The SMILES string of the molecule is N=C1CCC2NC(=O)c3ccccc3N12. The van der Waals surface area contributed by atoms with E-state index in [0.717, 1.165) is 18.5 Å². The number of anilines is 1. The molecule has 1 saturated heterocycles. The molecule has 3 rings (SSSR count). The van der Waals surface area contributed by atoms with Crippen molar-refractivity contribution in [2.24, 2.45) is 0 Å². The Balaban J connectivity index is 2.18. The molecule has 2 aliphatic heterocycles. The van der Waals surface area contributed by atoms with Crippen molar-refractivity contribution in [1.82, 2.24) is 5.32 Å². The Morgan fingerprint density at radius 3 is 3.07 bits per heavy atom. The number of hydrogen-bond acceptors (Lipinski definition) is 2. The molecule has 0 bridgehead atoms. The third-order valence-electron chi connectivity index (χ3n) is 2.96. The van der Waals surface area contributed by atoms with Gasteiger partial charge in [-0.2, -0.15) is 0 Å². The van der Waals surface area contributed by atoms with Gasteiger partial charge in [0.25, 0.3) is 5.91 Å². The van der Waals surface area contributed by atoms with Gasteiger partial charge in [0.2, 0.25) is 0 Å². The summed E-state index contributed by atoms with van der Waals surface area (Å²) >= 11 is 0. The lowest BCUT2D eigenvalue weighted by Crippen LogP contribution is -2.50. The third kappa shape index (κ3) is 1.08. The first-order chi connectivity index (χ1) is 7.27. The highest BCUT2D eigenvalue weighted by Gasteiger charge is 2.36. The quantitative estimate of drug-likeness (QED) is 0.665. The summed E-state index contributed by atoms with van der Waals surface area (Å²) in [5.74, 6) is 0.564. The first-order valence-electron chi connectivity index (χ1n) is 5.04. The number of amidine groups is 1. The van der Waals surface area contributed by atoms with E-state index in [-0.39, 0.29) is 12.1 Å². The maximum Gasteiger partial charge on any atom is 0.255 e. The second kappa shape index (κ2) is 2.82. The largest absolute Gasteiger partial charge is 0.331 e. The van der Waals surface area contributed by atoms with E-state index in [2.05, 4.69) is 5.32 Å². The highest BCUT2D eigenvalue weighted by atomic mass is 16.2. The van der Waals surface area contributed by atoms with Crippen molar-refractivity contribution in [3.63, 3.8) is 0 Å². The standard InChI is InChI=1S/C11H11N3O/c12-9-5-6-10-13-11(15)7-3-1-2-4-8(7)14(9)10/h1-4,10,12H,5-6H2,(H,13,15). The van der Waals surface area contributed by atoms with E-state index in [1.807, 2.05) is 23.1 Å². The average Bonchev–Trinajstić information content (AvgIpc) is 2.61. The number of nitrogens with zero attached hydrogens (tertiary/aromatic N) is 1. The minimum absolute atomic E-state index is 0.0140. The molecule has 0 radical (unpaired) electrons. The Kier molecular flexibility index (Phi) is 1.59. The Morgan fingerprint density at radius 1 is 1.40 bits per heavy atom. The Labute approximate surface area is 87.4 Å². The number of amides is 1. The van der Waals surface area contributed by atoms with Gasteiger partial charge in [-0.1, -0.05) is 12.1 Å². The van der Waals surface area contributed by atoms with Crippen molar-refractivity contribution >= 4 is 17.4 Å². The van der Waals surface area contributed by atoms with Crippen molar-refractivity contribution < 1.29 is 4.79 Å². The monoisotopic (exact) mass is 201 g/mol. The zero-order valence-corrected chi connectivity index (χ0v) is 8.16. The van der Waals surface area contributed by atoms with Gasteiger partial charge in [0.1, 0.15) is 12.0 Å². The lowest BCUT2D eigenvalue weighted by atomic mass is 10.1. The van der Waals surface area contributed by atoms with Crippen LogP contribution in [-0.2, 0) is 0 Å². The molecule has 15 heavy (non-hydrogen) atoms. The van der Waals surface area contributed by atoms with Crippen LogP contribution in [-0.4, -0.2) is 17.9 Å². The smallest absolute Gasteiger partial charge is 0.255 e. The molecule has 1 unspecified atom stereocenters. The normalized spacial score (nSPS) is 23.5. The van der Waals surface area contributed by atoms with E-state index >= 15 is 0 Å². The van der Waals surface area contributed by atoms with Crippen molar-refractivity contribution in [2.75, 3.05) is 4.90 Å². The Hall–Kier alpha value is -1.84. The van der Waals surface area contributed by atoms with Crippen LogP contribution in [0.2, 0.25) is 0 Å². The summed E-state index contributed by atoms with van der Waals surface area (Å²) in [6.07, 6.45) is 1.55. The van der Waals surface area contributed by atoms with E-state index in [9.17, 15) is 4.79 Å². The predicted octanol–water partition coefficient (Wildman–Crippen LogP) is 1.33. The van der Waals surface area contributed by atoms with Crippen molar-refractivity contribution in [2.45, 2.75) is 19.0 Å². The van der Waals surface area contributed by atoms with Crippen LogP contribution < -0.4 is 10.2 Å². The summed E-state index contributed by atoms with van der Waals surface area (Å²) in [6, 6.07) is 7.45. The molecular weight excluding hydrogens is 190 g/mol. The minimum Gasteiger partial charge on any atom is -0.331 e. The summed E-state index contributed by atoms with van der Waals surface area (Å²) in [5.41, 5.74) is 1.54. The van der Waals surface area contributed by atoms with Crippen LogP contribution >= 0.6 is 0 Å². The van der Waals surface area contributed by atoms with Crippen LogP contribution in [0.25, 0.3) is 0 Å². The van der Waals surface area contributed by atoms with Gasteiger partial charge in [-0.05, 0) is 18.6 Å². The summed E-state index contributed by atoms with van der Waals surface area (Å²) in [5, 5.41) is 10.8. The van der Waals surface area contributed by atoms with Gasteiger partial charge >= 0.3 is 0 Å². The molecule has 4 nitrogen and oxygen atoms in total. The molecule has 0 spiro atoms. The summed E-state index contributed by atoms with van der Waals surface area (Å²) in [7, 11) is 0. The van der Waals surface area contributed by atoms with Crippen molar-refractivity contribution in [3.05, 3.63) is 29.8 Å². The van der Waals surface area contributed by atoms with Gasteiger partial charge in [-0.3, -0.25) is 10.2 Å². The molecule has 0 aromatic heterocycles. The number of nitrogens with one attached hydrogen (secondary N) is 2. The van der Waals surface area contributed by atoms with Crippen LogP contribution in [0.4, 0.5) is 5.69 Å². The molecule has 2 N–H and O–H groups in total. The van der Waals surface area contributed by atoms with Gasteiger partial charge in [-0.25, -0.2) is 0 Å². The number of carbonyl (C=O) groups is 1. The third-order valence-corrected chi connectivity index (χ3v) is 2.96. The second-order valence-corrected chi connectivity index (χ2v) is 3.86. The molecule has 0 aliphatic carbocycles. The van der Waals surface area contributed by atoms with Crippen LogP contribution in [0.15, 0.2) is 24.3 Å². The van der Waals surface area contributed by atoms with Gasteiger partial charge in [0.05, 0.1) is 11.3 Å². The lowest BCUT2D eigenvalue weighted by Gasteiger charge is -2.33. The van der Waals surface area contributed by atoms with E-state index in [1.54, 1.807) is 6.07 Å². The van der Waals surface area contributed by atoms with Crippen LogP contribution in [0.5, 0.6) is 0 Å². The summed E-state index contributed by atoms with van der Waals surface area (Å²) < 4.78 is 0. The molecular formula is C11H11N3O. The average molecular weight is 201 g/mol. The molecule has 1 atom stereocenters. The van der Waals surface area contributed by atoms with Gasteiger partial charge < -0.3 is 10.2 Å². The zero-order chi connectivity index (χ0) is 10.4. The Morgan fingerprint density at radius 2 is 2.20 bits per heavy atom. The first kappa shape index (κ1) is 8.47. The Bertz CT molecular complexity index is 455. The fourth-order valence-electron chi connectivity index (χ4n) is 2.27. The molecule has 1 aromatic carbocycles. The number of rotatable bonds is 0. The van der Waals surface area contributed by atoms with Crippen molar-refractivity contribution in [3.8, 4) is 0 Å². The van der Waals surface area contributed by atoms with Gasteiger partial charge in [0.15, 0.2) is 0 Å². The van der Waals surface area contributed by atoms with E-state index in [4.69, 9.17) is 5.41 Å². The number of para-hydroxylation sites is 1. The predicted molar refractivity (Wildman–Crippen MR) is 57.1 cm³/mol. The van der Waals surface area contributed by atoms with Gasteiger partial charge in [-0.15, -0.1) is 0 Å². The van der Waals surface area contributed by atoms with Crippen LogP contribution in [0.1, 0.15) is 23.2 Å². The molecule has 1 amide bonds. The van der Waals surface area contributed by atoms with E-state index in [1.165, 1.54) is 0 Å². The summed E-state index contributed by atoms with van der Waals surface area (Å²) in [6.45, 7) is 0. The maximum absolute atomic E-state index is 11.7. The van der Waals surface area contributed by atoms with E-state index in [0.29, 0.717) is 11.4 Å². The number of hydrogen-bond donors (Lipinski definition) is 2. The fourth-order valence-corrected chi connectivity index (χ4v) is 2.27. The highest BCUT2D eigenvalue weighted by Crippen LogP contribution is 2.32. The number of fused-ring (bicyclic) bond motifs is 3. The maximum atomic E-state index is 11.7. The number of benzene rings is 1. The first-order valence-corrected chi connectivity index (χ1v) is 5.04. The molecule has 1 fully saturated rings. The van der Waals surface area contributed by atoms with Crippen LogP contribution in [0, 0.1) is 5.41 Å². The summed E-state index contributed by atoms with van der Waals surface area (Å²) in [4.78, 5) is 13.6. The van der Waals surface area contributed by atoms with Crippen LogP contribution in [0.3, 0.4) is 0 Å². The molecule has 4 heteroatoms. The topological polar surface area (TPSA) is 56.2 Å². The number of carbonyl (C=O) groups excluding carboxylic acids is 1. The van der Waals surface area contributed by atoms with E-state index < -0.39 is 0 Å². The molecule has 1 aromatic rings. The zero-order valence-electron chi connectivity index (χ0n) is 8.16. The fraction of sp³-hybridized carbons (Fsp3) is 0.273. The molecule has 0 saturated carbocycles. The molecule has 2 heterocycles. The minimum atomic E-state index is -0.0263. The van der Waals surface area contributed by atoms with Crippen molar-refractivity contribution in [1.29, 1.82) is 5.41 Å². The molecule has 76 valence electrons.